The number of piperazine rings is 1. The van der Waals surface area contributed by atoms with Crippen molar-refractivity contribution in [2.75, 3.05) is 25.1 Å². The summed E-state index contributed by atoms with van der Waals surface area (Å²) in [7, 11) is 1.27. The van der Waals surface area contributed by atoms with Crippen LogP contribution in [0.4, 0.5) is 10.6 Å². The van der Waals surface area contributed by atoms with E-state index < -0.39 is 11.6 Å². The van der Waals surface area contributed by atoms with E-state index in [1.807, 2.05) is 39.5 Å². The van der Waals surface area contributed by atoms with Gasteiger partial charge in [0.25, 0.3) is 0 Å². The summed E-state index contributed by atoms with van der Waals surface area (Å²) in [5, 5.41) is 0.130. The van der Waals surface area contributed by atoms with Gasteiger partial charge < -0.3 is 19.3 Å². The highest BCUT2D eigenvalue weighted by molar-refractivity contribution is 6.31. The molecule has 0 spiro atoms. The summed E-state index contributed by atoms with van der Waals surface area (Å²) in [4.78, 5) is 36.3. The number of amides is 1. The molecule has 2 atom stereocenters. The van der Waals surface area contributed by atoms with Gasteiger partial charge in [0.15, 0.2) is 16.7 Å². The maximum absolute atomic E-state index is 12.6. The molecule has 1 saturated heterocycles. The van der Waals surface area contributed by atoms with Crippen LogP contribution in [0.3, 0.4) is 0 Å². The number of halogens is 1. The zero-order valence-corrected chi connectivity index (χ0v) is 17.4. The third-order valence-corrected chi connectivity index (χ3v) is 4.57. The predicted molar refractivity (Wildman–Crippen MR) is 102 cm³/mol. The van der Waals surface area contributed by atoms with Gasteiger partial charge in [-0.2, -0.15) is 0 Å². The van der Waals surface area contributed by atoms with Gasteiger partial charge >= 0.3 is 12.1 Å². The Bertz CT molecular complexity index is 707. The van der Waals surface area contributed by atoms with E-state index in [4.69, 9.17) is 16.3 Å². The molecule has 0 aromatic carbocycles. The second kappa shape index (κ2) is 8.29. The first-order valence-electron chi connectivity index (χ1n) is 8.94. The number of nitrogens with zero attached hydrogens (tertiary/aromatic N) is 4. The van der Waals surface area contributed by atoms with Gasteiger partial charge in [-0.3, -0.25) is 0 Å². The number of aromatic nitrogens is 2. The van der Waals surface area contributed by atoms with E-state index in [1.54, 1.807) is 4.90 Å². The van der Waals surface area contributed by atoms with Crippen molar-refractivity contribution in [1.82, 2.24) is 14.9 Å². The lowest BCUT2D eigenvalue weighted by molar-refractivity contribution is 0.0105. The number of hydrogen-bond acceptors (Lipinski definition) is 7. The largest absolute Gasteiger partial charge is 0.464 e. The molecule has 0 bridgehead atoms. The molecular formula is C18H27ClN4O4. The average molecular weight is 399 g/mol. The minimum absolute atomic E-state index is 0.0453. The molecule has 2 rings (SSSR count). The molecule has 1 fully saturated rings. The van der Waals surface area contributed by atoms with Crippen LogP contribution in [0.15, 0.2) is 6.20 Å². The lowest BCUT2D eigenvalue weighted by atomic mass is 10.1. The molecule has 27 heavy (non-hydrogen) atoms. The molecule has 0 aliphatic carbocycles. The van der Waals surface area contributed by atoms with Gasteiger partial charge in [-0.15, -0.1) is 0 Å². The first-order valence-corrected chi connectivity index (χ1v) is 9.32. The molecule has 1 aliphatic rings. The Labute approximate surface area is 164 Å². The van der Waals surface area contributed by atoms with Crippen LogP contribution in [0.5, 0.6) is 0 Å². The van der Waals surface area contributed by atoms with Crippen molar-refractivity contribution < 1.29 is 19.1 Å². The molecule has 2 heterocycles. The number of ether oxygens (including phenoxy) is 2. The summed E-state index contributed by atoms with van der Waals surface area (Å²) in [5.74, 6) is -0.107. The van der Waals surface area contributed by atoms with Crippen molar-refractivity contribution in [3.63, 3.8) is 0 Å². The van der Waals surface area contributed by atoms with Gasteiger partial charge in [-0.05, 0) is 34.1 Å². The van der Waals surface area contributed by atoms with Crippen LogP contribution in [-0.4, -0.2) is 64.8 Å². The van der Waals surface area contributed by atoms with Gasteiger partial charge in [0.1, 0.15) is 5.60 Å². The SMILES string of the molecule is CC[C@H]1CN(c2ncc(C(=O)OC)nc2Cl)[C@H](C)CN1C(=O)OC(C)(C)C. The van der Waals surface area contributed by atoms with Crippen LogP contribution in [0, 0.1) is 0 Å². The number of carbonyl (C=O) groups is 2. The number of rotatable bonds is 3. The summed E-state index contributed by atoms with van der Waals surface area (Å²) < 4.78 is 10.2. The fraction of sp³-hybridized carbons (Fsp3) is 0.667. The van der Waals surface area contributed by atoms with Gasteiger partial charge in [0, 0.05) is 19.1 Å². The lowest BCUT2D eigenvalue weighted by Gasteiger charge is -2.45. The van der Waals surface area contributed by atoms with E-state index in [9.17, 15) is 9.59 Å². The van der Waals surface area contributed by atoms with E-state index in [2.05, 4.69) is 14.7 Å². The van der Waals surface area contributed by atoms with Crippen LogP contribution < -0.4 is 4.90 Å². The molecular weight excluding hydrogens is 372 g/mol. The fourth-order valence-electron chi connectivity index (χ4n) is 2.98. The number of anilines is 1. The van der Waals surface area contributed by atoms with Crippen LogP contribution >= 0.6 is 11.6 Å². The summed E-state index contributed by atoms with van der Waals surface area (Å²) in [6.45, 7) is 10.6. The minimum Gasteiger partial charge on any atom is -0.464 e. The van der Waals surface area contributed by atoms with Crippen LogP contribution in [0.2, 0.25) is 5.15 Å². The third kappa shape index (κ3) is 5.00. The van der Waals surface area contributed by atoms with Crippen molar-refractivity contribution in [1.29, 1.82) is 0 Å². The van der Waals surface area contributed by atoms with Crippen LogP contribution in [-0.2, 0) is 9.47 Å². The highest BCUT2D eigenvalue weighted by atomic mass is 35.5. The predicted octanol–water partition coefficient (Wildman–Crippen LogP) is 3.14. The van der Waals surface area contributed by atoms with Gasteiger partial charge in [0.05, 0.1) is 19.3 Å². The van der Waals surface area contributed by atoms with Crippen molar-refractivity contribution in [3.05, 3.63) is 17.0 Å². The molecule has 1 aromatic rings. The smallest absolute Gasteiger partial charge is 0.410 e. The molecule has 0 unspecified atom stereocenters. The molecule has 0 saturated carbocycles. The number of methoxy groups -OCH3 is 1. The molecule has 0 N–H and O–H groups in total. The summed E-state index contributed by atoms with van der Waals surface area (Å²) in [5.41, 5.74) is -0.493. The summed E-state index contributed by atoms with van der Waals surface area (Å²) >= 11 is 6.28. The molecule has 150 valence electrons. The molecule has 1 aliphatic heterocycles. The minimum atomic E-state index is -0.592. The number of esters is 1. The highest BCUT2D eigenvalue weighted by Gasteiger charge is 2.37. The summed E-state index contributed by atoms with van der Waals surface area (Å²) in [6.07, 6.45) is 1.79. The van der Waals surface area contributed by atoms with Gasteiger partial charge in [-0.25, -0.2) is 19.6 Å². The zero-order chi connectivity index (χ0) is 20.4. The first-order chi connectivity index (χ1) is 12.6. The Balaban J connectivity index is 2.22. The maximum Gasteiger partial charge on any atom is 0.410 e. The Morgan fingerprint density at radius 1 is 1.33 bits per heavy atom. The summed E-state index contributed by atoms with van der Waals surface area (Å²) in [6, 6.07) is -0.0923. The Morgan fingerprint density at radius 3 is 2.52 bits per heavy atom. The van der Waals surface area contributed by atoms with Crippen molar-refractivity contribution in [2.45, 2.75) is 58.7 Å². The second-order valence-corrected chi connectivity index (χ2v) is 7.92. The van der Waals surface area contributed by atoms with Crippen LogP contribution in [0.25, 0.3) is 0 Å². The zero-order valence-electron chi connectivity index (χ0n) is 16.7. The fourth-order valence-corrected chi connectivity index (χ4v) is 3.23. The molecule has 8 nitrogen and oxygen atoms in total. The first kappa shape index (κ1) is 21.2. The Morgan fingerprint density at radius 2 is 2.00 bits per heavy atom. The van der Waals surface area contributed by atoms with Gasteiger partial charge in [-0.1, -0.05) is 18.5 Å². The van der Waals surface area contributed by atoms with Crippen LogP contribution in [0.1, 0.15) is 51.5 Å². The van der Waals surface area contributed by atoms with E-state index in [0.717, 1.165) is 6.42 Å². The topological polar surface area (TPSA) is 84.9 Å². The maximum atomic E-state index is 12.6. The van der Waals surface area contributed by atoms with E-state index in [1.165, 1.54) is 13.3 Å². The molecule has 1 amide bonds. The lowest BCUT2D eigenvalue weighted by Crippen LogP contribution is -2.60. The normalized spacial score (nSPS) is 20.4. The number of hydrogen-bond donors (Lipinski definition) is 0. The highest BCUT2D eigenvalue weighted by Crippen LogP contribution is 2.29. The second-order valence-electron chi connectivity index (χ2n) is 7.56. The monoisotopic (exact) mass is 398 g/mol. The molecule has 9 heteroatoms. The average Bonchev–Trinajstić information content (AvgIpc) is 2.59. The molecule has 0 radical (unpaired) electrons. The standard InChI is InChI=1S/C18H27ClN4O4/c1-7-12-10-22(11(2)9-23(12)17(25)27-18(3,4)5)15-14(19)21-13(8-20-15)16(24)26-6/h8,11-12H,7,9-10H2,1-6H3/t11-,12+/m1/s1. The van der Waals surface area contributed by atoms with Crippen molar-refractivity contribution in [3.8, 4) is 0 Å². The quantitative estimate of drug-likeness (QED) is 0.723. The van der Waals surface area contributed by atoms with E-state index >= 15 is 0 Å². The Hall–Kier alpha value is -2.09. The van der Waals surface area contributed by atoms with E-state index in [-0.39, 0.29) is 29.0 Å². The van der Waals surface area contributed by atoms with Crippen molar-refractivity contribution >= 4 is 29.5 Å². The number of carbonyl (C=O) groups excluding carboxylic acids is 2. The van der Waals surface area contributed by atoms with Gasteiger partial charge in [0.2, 0.25) is 0 Å². The Kier molecular flexibility index (Phi) is 6.51. The van der Waals surface area contributed by atoms with Crippen molar-refractivity contribution in [2.24, 2.45) is 0 Å². The molecule has 1 aromatic heterocycles. The van der Waals surface area contributed by atoms with E-state index in [0.29, 0.717) is 18.9 Å². The third-order valence-electron chi connectivity index (χ3n) is 4.32.